The fraction of sp³-hybridized carbons (Fsp3) is 0.111. The Labute approximate surface area is 123 Å². The van der Waals surface area contributed by atoms with Crippen LogP contribution in [0.25, 0.3) is 0 Å². The summed E-state index contributed by atoms with van der Waals surface area (Å²) in [4.78, 5) is 21.6. The van der Waals surface area contributed by atoms with Gasteiger partial charge in [0, 0.05) is 17.5 Å². The molecule has 0 heterocycles. The van der Waals surface area contributed by atoms with Crippen molar-refractivity contribution in [1.29, 1.82) is 0 Å². The molecule has 3 heteroatoms. The lowest BCUT2D eigenvalue weighted by Crippen LogP contribution is -2.14. The van der Waals surface area contributed by atoms with Crippen molar-refractivity contribution in [2.45, 2.75) is 13.3 Å². The van der Waals surface area contributed by atoms with E-state index in [0.29, 0.717) is 5.56 Å². The van der Waals surface area contributed by atoms with E-state index >= 15 is 0 Å². The third-order valence-electron chi connectivity index (χ3n) is 2.93. The van der Waals surface area contributed by atoms with Crippen LogP contribution in [-0.2, 0) is 16.0 Å². The second-order valence-electron chi connectivity index (χ2n) is 4.72. The predicted molar refractivity (Wildman–Crippen MR) is 79.9 cm³/mol. The van der Waals surface area contributed by atoms with Crippen LogP contribution < -0.4 is 0 Å². The first-order chi connectivity index (χ1) is 10.0. The molecular formula is C18H14O3. The van der Waals surface area contributed by atoms with Gasteiger partial charge in [-0.05, 0) is 42.3 Å². The highest BCUT2D eigenvalue weighted by Crippen LogP contribution is 2.06. The van der Waals surface area contributed by atoms with Gasteiger partial charge in [-0.1, -0.05) is 36.1 Å². The lowest BCUT2D eigenvalue weighted by molar-refractivity contribution is -0.148. The first-order valence-electron chi connectivity index (χ1n) is 6.48. The molecule has 3 nitrogen and oxygen atoms in total. The molecule has 2 aromatic rings. The number of carbonyl (C=O) groups is 2. The Morgan fingerprint density at radius 3 is 2.29 bits per heavy atom. The van der Waals surface area contributed by atoms with Gasteiger partial charge >= 0.3 is 5.97 Å². The molecule has 104 valence electrons. The van der Waals surface area contributed by atoms with E-state index in [4.69, 9.17) is 5.11 Å². The highest BCUT2D eigenvalue weighted by molar-refractivity contribution is 6.33. The predicted octanol–water partition coefficient (Wildman–Crippen LogP) is 2.59. The highest BCUT2D eigenvalue weighted by atomic mass is 16.4. The summed E-state index contributed by atoms with van der Waals surface area (Å²) in [5, 5.41) is 8.56. The summed E-state index contributed by atoms with van der Waals surface area (Å²) < 4.78 is 0. The molecule has 21 heavy (non-hydrogen) atoms. The number of hydrogen-bond donors (Lipinski definition) is 1. The van der Waals surface area contributed by atoms with Crippen molar-refractivity contribution in [2.75, 3.05) is 0 Å². The summed E-state index contributed by atoms with van der Waals surface area (Å²) in [6, 6.07) is 14.9. The largest absolute Gasteiger partial charge is 0.475 e. The summed E-state index contributed by atoms with van der Waals surface area (Å²) in [5.74, 6) is 3.89. The van der Waals surface area contributed by atoms with Crippen molar-refractivity contribution in [1.82, 2.24) is 0 Å². The molecule has 0 bridgehead atoms. The Morgan fingerprint density at radius 2 is 1.67 bits per heavy atom. The van der Waals surface area contributed by atoms with Crippen molar-refractivity contribution in [2.24, 2.45) is 0 Å². The first kappa shape index (κ1) is 14.5. The normalized spacial score (nSPS) is 9.57. The Bertz CT molecular complexity index is 731. The zero-order valence-electron chi connectivity index (χ0n) is 11.6. The number of ketones is 1. The van der Waals surface area contributed by atoms with Crippen LogP contribution in [0.15, 0.2) is 48.5 Å². The monoisotopic (exact) mass is 278 g/mol. The molecule has 0 atom stereocenters. The van der Waals surface area contributed by atoms with Gasteiger partial charge in [0.15, 0.2) is 0 Å². The minimum Gasteiger partial charge on any atom is -0.475 e. The first-order valence-corrected chi connectivity index (χ1v) is 6.48. The van der Waals surface area contributed by atoms with Gasteiger partial charge in [0.1, 0.15) is 0 Å². The van der Waals surface area contributed by atoms with E-state index in [9.17, 15) is 9.59 Å². The smallest absolute Gasteiger partial charge is 0.372 e. The van der Waals surface area contributed by atoms with Gasteiger partial charge in [-0.15, -0.1) is 0 Å². The molecule has 2 aromatic carbocycles. The Kier molecular flexibility index (Phi) is 4.53. The second-order valence-corrected chi connectivity index (χ2v) is 4.72. The van der Waals surface area contributed by atoms with Gasteiger partial charge in [-0.25, -0.2) is 4.79 Å². The number of carboxylic acids is 1. The maximum atomic E-state index is 11.1. The molecule has 0 aliphatic rings. The van der Waals surface area contributed by atoms with E-state index in [2.05, 4.69) is 11.8 Å². The molecule has 0 radical (unpaired) electrons. The number of rotatable bonds is 3. The zero-order valence-corrected chi connectivity index (χ0v) is 11.6. The molecule has 0 aliphatic heterocycles. The number of benzene rings is 2. The van der Waals surface area contributed by atoms with Crippen LogP contribution in [0.5, 0.6) is 0 Å². The molecule has 0 aromatic heterocycles. The topological polar surface area (TPSA) is 54.4 Å². The van der Waals surface area contributed by atoms with Crippen molar-refractivity contribution < 1.29 is 14.7 Å². The SMILES string of the molecule is Cc1cccc(C#Cc2ccc(CC(=O)C(=O)O)cc2)c1. The molecule has 0 amide bonds. The highest BCUT2D eigenvalue weighted by Gasteiger charge is 2.11. The number of aliphatic carboxylic acids is 1. The van der Waals surface area contributed by atoms with Gasteiger partial charge in [0.25, 0.3) is 0 Å². The molecule has 0 spiro atoms. The Morgan fingerprint density at radius 1 is 1.00 bits per heavy atom. The number of hydrogen-bond acceptors (Lipinski definition) is 2. The van der Waals surface area contributed by atoms with Gasteiger partial charge in [-0.3, -0.25) is 4.79 Å². The van der Waals surface area contributed by atoms with Gasteiger partial charge < -0.3 is 5.11 Å². The van der Waals surface area contributed by atoms with Crippen molar-refractivity contribution in [3.63, 3.8) is 0 Å². The van der Waals surface area contributed by atoms with Crippen LogP contribution in [0.1, 0.15) is 22.3 Å². The molecular weight excluding hydrogens is 264 g/mol. The van der Waals surface area contributed by atoms with Crippen LogP contribution in [0.4, 0.5) is 0 Å². The molecule has 0 aliphatic carbocycles. The fourth-order valence-corrected chi connectivity index (χ4v) is 1.83. The molecule has 0 saturated heterocycles. The van der Waals surface area contributed by atoms with Gasteiger partial charge in [-0.2, -0.15) is 0 Å². The standard InChI is InChI=1S/C18H14O3/c1-13-3-2-4-15(11-13)8-5-14-6-9-16(10-7-14)12-17(19)18(20)21/h2-4,6-7,9-11H,12H2,1H3,(H,20,21). The van der Waals surface area contributed by atoms with E-state index in [1.807, 2.05) is 31.2 Å². The van der Waals surface area contributed by atoms with Gasteiger partial charge in [0.05, 0.1) is 0 Å². The number of carboxylic acid groups (broad SMARTS) is 1. The van der Waals surface area contributed by atoms with Crippen LogP contribution >= 0.6 is 0 Å². The van der Waals surface area contributed by atoms with E-state index < -0.39 is 11.8 Å². The molecule has 2 rings (SSSR count). The van der Waals surface area contributed by atoms with E-state index in [-0.39, 0.29) is 6.42 Å². The average molecular weight is 278 g/mol. The summed E-state index contributed by atoms with van der Waals surface area (Å²) in [6.45, 7) is 2.01. The maximum Gasteiger partial charge on any atom is 0.372 e. The third kappa shape index (κ3) is 4.32. The lowest BCUT2D eigenvalue weighted by Gasteiger charge is -1.98. The quantitative estimate of drug-likeness (QED) is 0.693. The van der Waals surface area contributed by atoms with Gasteiger partial charge in [0.2, 0.25) is 5.78 Å². The van der Waals surface area contributed by atoms with E-state index in [0.717, 1.165) is 16.7 Å². The minimum atomic E-state index is -1.40. The minimum absolute atomic E-state index is 0.0963. The van der Waals surface area contributed by atoms with Crippen molar-refractivity contribution in [3.8, 4) is 11.8 Å². The van der Waals surface area contributed by atoms with E-state index in [1.165, 1.54) is 0 Å². The second kappa shape index (κ2) is 6.53. The number of aryl methyl sites for hydroxylation is 1. The summed E-state index contributed by atoms with van der Waals surface area (Å²) in [7, 11) is 0. The number of Topliss-reactive ketones (excluding diaryl/α,β-unsaturated/α-hetero) is 1. The molecule has 0 fully saturated rings. The fourth-order valence-electron chi connectivity index (χ4n) is 1.83. The summed E-state index contributed by atoms with van der Waals surface area (Å²) >= 11 is 0. The van der Waals surface area contributed by atoms with Crippen molar-refractivity contribution in [3.05, 3.63) is 70.8 Å². The number of carbonyl (C=O) groups excluding carboxylic acids is 1. The van der Waals surface area contributed by atoms with Crippen LogP contribution in [0, 0.1) is 18.8 Å². The van der Waals surface area contributed by atoms with Crippen molar-refractivity contribution >= 4 is 11.8 Å². The van der Waals surface area contributed by atoms with E-state index in [1.54, 1.807) is 24.3 Å². The molecule has 1 N–H and O–H groups in total. The molecule has 0 saturated carbocycles. The average Bonchev–Trinajstić information content (AvgIpc) is 2.46. The maximum absolute atomic E-state index is 11.1. The third-order valence-corrected chi connectivity index (χ3v) is 2.93. The Balaban J connectivity index is 2.10. The van der Waals surface area contributed by atoms with Crippen LogP contribution in [0.2, 0.25) is 0 Å². The van der Waals surface area contributed by atoms with Crippen LogP contribution in [0.3, 0.4) is 0 Å². The van der Waals surface area contributed by atoms with Crippen LogP contribution in [-0.4, -0.2) is 16.9 Å². The molecule has 0 unspecified atom stereocenters. The zero-order chi connectivity index (χ0) is 15.2. The summed E-state index contributed by atoms with van der Waals surface area (Å²) in [6.07, 6.45) is -0.0963. The summed E-state index contributed by atoms with van der Waals surface area (Å²) in [5.41, 5.74) is 3.59. The Hall–Kier alpha value is -2.86. The lowest BCUT2D eigenvalue weighted by atomic mass is 10.1.